The number of anilines is 1. The van der Waals surface area contributed by atoms with E-state index in [2.05, 4.69) is 13.8 Å². The predicted octanol–water partition coefficient (Wildman–Crippen LogP) is 5.53. The largest absolute Gasteiger partial charge is 0.493 e. The molecule has 1 aliphatic heterocycles. The Morgan fingerprint density at radius 2 is 1.70 bits per heavy atom. The van der Waals surface area contributed by atoms with Crippen LogP contribution in [0.2, 0.25) is 5.02 Å². The smallest absolute Gasteiger partial charge is 0.232 e. The predicted molar refractivity (Wildman–Crippen MR) is 127 cm³/mol. The van der Waals surface area contributed by atoms with Crippen LogP contribution in [0.3, 0.4) is 0 Å². The average Bonchev–Trinajstić information content (AvgIpc) is 2.76. The zero-order valence-electron chi connectivity index (χ0n) is 19.5. The maximum atomic E-state index is 13.6. The van der Waals surface area contributed by atoms with Crippen molar-refractivity contribution in [3.05, 3.63) is 58.3 Å². The SMILES string of the molecule is COc1ccc(C2CC(=O)N(c3cccc(Cl)c3)C3=C2C(=O)CC(C)(C)C3)c(OC)c1OC. The van der Waals surface area contributed by atoms with E-state index in [1.807, 2.05) is 18.2 Å². The topological polar surface area (TPSA) is 65.1 Å². The molecule has 1 heterocycles. The Hall–Kier alpha value is -2.99. The minimum absolute atomic E-state index is 0.0441. The van der Waals surface area contributed by atoms with Crippen molar-refractivity contribution in [2.45, 2.75) is 39.0 Å². The number of amides is 1. The van der Waals surface area contributed by atoms with Crippen molar-refractivity contribution in [1.82, 2.24) is 0 Å². The number of methoxy groups -OCH3 is 3. The van der Waals surface area contributed by atoms with Crippen molar-refractivity contribution in [3.8, 4) is 17.2 Å². The highest BCUT2D eigenvalue weighted by Crippen LogP contribution is 2.52. The molecule has 1 atom stereocenters. The number of rotatable bonds is 5. The quantitative estimate of drug-likeness (QED) is 0.576. The van der Waals surface area contributed by atoms with Crippen LogP contribution in [0.25, 0.3) is 0 Å². The second kappa shape index (κ2) is 8.75. The maximum absolute atomic E-state index is 13.6. The lowest BCUT2D eigenvalue weighted by Crippen LogP contribution is -2.43. The van der Waals surface area contributed by atoms with Crippen molar-refractivity contribution in [3.63, 3.8) is 0 Å². The van der Waals surface area contributed by atoms with Gasteiger partial charge in [-0.05, 0) is 36.1 Å². The van der Waals surface area contributed by atoms with Gasteiger partial charge in [-0.25, -0.2) is 0 Å². The van der Waals surface area contributed by atoms with E-state index < -0.39 is 5.92 Å². The van der Waals surface area contributed by atoms with Gasteiger partial charge in [0.15, 0.2) is 17.3 Å². The van der Waals surface area contributed by atoms with E-state index in [9.17, 15) is 9.59 Å². The molecular formula is C26H28ClNO5. The summed E-state index contributed by atoms with van der Waals surface area (Å²) < 4.78 is 16.7. The molecule has 0 N–H and O–H groups in total. The van der Waals surface area contributed by atoms with Gasteiger partial charge in [0, 0.05) is 40.6 Å². The van der Waals surface area contributed by atoms with Gasteiger partial charge < -0.3 is 14.2 Å². The van der Waals surface area contributed by atoms with Crippen molar-refractivity contribution < 1.29 is 23.8 Å². The number of benzene rings is 2. The first-order chi connectivity index (χ1) is 15.7. The highest BCUT2D eigenvalue weighted by molar-refractivity contribution is 6.31. The fraction of sp³-hybridized carbons (Fsp3) is 0.385. The van der Waals surface area contributed by atoms with Gasteiger partial charge in [-0.15, -0.1) is 0 Å². The summed E-state index contributed by atoms with van der Waals surface area (Å²) in [7, 11) is 4.64. The van der Waals surface area contributed by atoms with E-state index >= 15 is 0 Å². The molecule has 0 bridgehead atoms. The minimum atomic E-state index is -0.443. The highest BCUT2D eigenvalue weighted by atomic mass is 35.5. The second-order valence-electron chi connectivity index (χ2n) is 9.19. The van der Waals surface area contributed by atoms with Crippen LogP contribution in [0.4, 0.5) is 5.69 Å². The molecule has 0 aromatic heterocycles. The summed E-state index contributed by atoms with van der Waals surface area (Å²) >= 11 is 6.23. The van der Waals surface area contributed by atoms with Gasteiger partial charge in [0.05, 0.1) is 27.0 Å². The summed E-state index contributed by atoms with van der Waals surface area (Å²) in [4.78, 5) is 28.8. The lowest BCUT2D eigenvalue weighted by molar-refractivity contribution is -0.121. The van der Waals surface area contributed by atoms with Crippen LogP contribution in [0.15, 0.2) is 47.7 Å². The fourth-order valence-electron chi connectivity index (χ4n) is 4.99. The van der Waals surface area contributed by atoms with Gasteiger partial charge in [0.25, 0.3) is 0 Å². The highest BCUT2D eigenvalue weighted by Gasteiger charge is 2.45. The molecule has 2 aromatic rings. The van der Waals surface area contributed by atoms with Crippen LogP contribution in [0.1, 0.15) is 44.6 Å². The van der Waals surface area contributed by atoms with Crippen molar-refractivity contribution in [1.29, 1.82) is 0 Å². The molecule has 7 heteroatoms. The molecule has 0 fully saturated rings. The number of Topliss-reactive ketones (excluding diaryl/α,β-unsaturated/α-hetero) is 1. The Morgan fingerprint density at radius 1 is 0.970 bits per heavy atom. The lowest BCUT2D eigenvalue weighted by Gasteiger charge is -2.43. The molecule has 4 rings (SSSR count). The van der Waals surface area contributed by atoms with Crippen LogP contribution in [-0.4, -0.2) is 33.0 Å². The Kier molecular flexibility index (Phi) is 6.14. The number of ketones is 1. The Balaban J connectivity index is 1.95. The van der Waals surface area contributed by atoms with Gasteiger partial charge in [-0.1, -0.05) is 37.6 Å². The van der Waals surface area contributed by atoms with Crippen LogP contribution in [0, 0.1) is 5.41 Å². The molecule has 33 heavy (non-hydrogen) atoms. The first kappa shape index (κ1) is 23.2. The van der Waals surface area contributed by atoms with Gasteiger partial charge in [0.2, 0.25) is 11.7 Å². The number of carbonyl (C=O) groups is 2. The Bertz CT molecular complexity index is 1150. The van der Waals surface area contributed by atoms with E-state index in [4.69, 9.17) is 25.8 Å². The van der Waals surface area contributed by atoms with E-state index in [1.165, 1.54) is 7.11 Å². The number of hydrogen-bond donors (Lipinski definition) is 0. The molecule has 1 aliphatic carbocycles. The van der Waals surface area contributed by atoms with Crippen LogP contribution >= 0.6 is 11.6 Å². The summed E-state index contributed by atoms with van der Waals surface area (Å²) in [6.07, 6.45) is 1.14. The second-order valence-corrected chi connectivity index (χ2v) is 9.63. The molecule has 1 unspecified atom stereocenters. The molecule has 0 saturated carbocycles. The van der Waals surface area contributed by atoms with Crippen molar-refractivity contribution >= 4 is 29.0 Å². The summed E-state index contributed by atoms with van der Waals surface area (Å²) in [5.41, 5.74) is 2.52. The van der Waals surface area contributed by atoms with Gasteiger partial charge in [0.1, 0.15) is 0 Å². The average molecular weight is 470 g/mol. The lowest BCUT2D eigenvalue weighted by atomic mass is 9.69. The first-order valence-corrected chi connectivity index (χ1v) is 11.2. The van der Waals surface area contributed by atoms with Crippen LogP contribution in [-0.2, 0) is 9.59 Å². The molecule has 0 radical (unpaired) electrons. The van der Waals surface area contributed by atoms with E-state index in [1.54, 1.807) is 37.3 Å². The third kappa shape index (κ3) is 4.08. The van der Waals surface area contributed by atoms with Gasteiger partial charge in [-0.2, -0.15) is 0 Å². The summed E-state index contributed by atoms with van der Waals surface area (Å²) in [5.74, 6) is 0.932. The number of allylic oxidation sites excluding steroid dienone is 2. The zero-order chi connectivity index (χ0) is 23.9. The summed E-state index contributed by atoms with van der Waals surface area (Å²) in [5, 5.41) is 0.535. The van der Waals surface area contributed by atoms with E-state index in [-0.39, 0.29) is 23.5 Å². The van der Waals surface area contributed by atoms with Gasteiger partial charge in [-0.3, -0.25) is 14.5 Å². The minimum Gasteiger partial charge on any atom is -0.493 e. The summed E-state index contributed by atoms with van der Waals surface area (Å²) in [6.45, 7) is 4.10. The number of halogens is 1. The third-order valence-electron chi connectivity index (χ3n) is 6.32. The van der Waals surface area contributed by atoms with Crippen molar-refractivity contribution in [2.24, 2.45) is 5.41 Å². The van der Waals surface area contributed by atoms with Crippen LogP contribution in [0.5, 0.6) is 17.2 Å². The molecule has 2 aromatic carbocycles. The fourth-order valence-corrected chi connectivity index (χ4v) is 5.18. The first-order valence-electron chi connectivity index (χ1n) is 10.8. The molecule has 0 saturated heterocycles. The third-order valence-corrected chi connectivity index (χ3v) is 6.55. The number of hydrogen-bond acceptors (Lipinski definition) is 5. The Labute approximate surface area is 199 Å². The van der Waals surface area contributed by atoms with Gasteiger partial charge >= 0.3 is 0 Å². The number of ether oxygens (including phenoxy) is 3. The molecule has 1 amide bonds. The van der Waals surface area contributed by atoms with Crippen LogP contribution < -0.4 is 19.1 Å². The van der Waals surface area contributed by atoms with Crippen molar-refractivity contribution in [2.75, 3.05) is 26.2 Å². The van der Waals surface area contributed by atoms with E-state index in [0.29, 0.717) is 46.4 Å². The maximum Gasteiger partial charge on any atom is 0.232 e. The zero-order valence-corrected chi connectivity index (χ0v) is 20.3. The molecule has 0 spiro atoms. The number of nitrogens with zero attached hydrogens (tertiary/aromatic N) is 1. The monoisotopic (exact) mass is 469 g/mol. The molecular weight excluding hydrogens is 442 g/mol. The van der Waals surface area contributed by atoms with E-state index in [0.717, 1.165) is 11.3 Å². The standard InChI is InChI=1S/C26H28ClNO5/c1-26(2)13-19-23(20(29)14-26)18(12-22(30)28(19)16-8-6-7-15(27)11-16)17-9-10-21(31-3)25(33-5)24(17)32-4/h6-11,18H,12-14H2,1-5H3. The summed E-state index contributed by atoms with van der Waals surface area (Å²) in [6, 6.07) is 10.8. The molecule has 2 aliphatic rings. The Morgan fingerprint density at radius 3 is 2.33 bits per heavy atom. The molecule has 174 valence electrons. The number of carbonyl (C=O) groups excluding carboxylic acids is 2. The molecule has 6 nitrogen and oxygen atoms in total. The normalized spacial score (nSPS) is 19.9.